The van der Waals surface area contributed by atoms with E-state index in [0.717, 1.165) is 41.5 Å². The number of Topliss-reactive ketones (excluding diaryl/α,β-unsaturated/α-hetero) is 1. The average molecular weight is 1540 g/mol. The van der Waals surface area contributed by atoms with Gasteiger partial charge in [-0.15, -0.1) is 0 Å². The first-order chi connectivity index (χ1) is 50.6. The molecule has 108 heavy (non-hydrogen) atoms. The van der Waals surface area contributed by atoms with Gasteiger partial charge in [0.2, 0.25) is 35.4 Å². The molecule has 29 N–H and O–H groups in total. The van der Waals surface area contributed by atoms with Gasteiger partial charge in [-0.05, 0) is 86.5 Å². The summed E-state index contributed by atoms with van der Waals surface area (Å²) in [6.07, 6.45) is -13.4. The van der Waals surface area contributed by atoms with Crippen molar-refractivity contribution in [2.75, 3.05) is 13.1 Å². The van der Waals surface area contributed by atoms with Gasteiger partial charge >= 0.3 is 5.97 Å². The van der Waals surface area contributed by atoms with Gasteiger partial charge in [-0.1, -0.05) is 13.8 Å². The molecule has 47 nitrogen and oxygen atoms in total. The Kier molecular flexibility index (Phi) is 45.7. The zero-order valence-corrected chi connectivity index (χ0v) is 61.2. The van der Waals surface area contributed by atoms with Crippen LogP contribution in [0.3, 0.4) is 0 Å². The van der Waals surface area contributed by atoms with Crippen molar-refractivity contribution in [1.82, 2.24) is 95.7 Å². The molecular weight excluding hydrogens is 1430 g/mol. The Balaban J connectivity index is 7.50. The van der Waals surface area contributed by atoms with E-state index >= 15 is 0 Å². The Hall–Kier alpha value is -11.3. The molecule has 0 aliphatic carbocycles. The van der Waals surface area contributed by atoms with Crippen LogP contribution in [0.25, 0.3) is 0 Å². The van der Waals surface area contributed by atoms with Gasteiger partial charge in [-0.2, -0.15) is 0 Å². The van der Waals surface area contributed by atoms with Crippen LogP contribution in [0.2, 0.25) is 0 Å². The number of amides is 12. The lowest BCUT2D eigenvalue weighted by Gasteiger charge is -2.30. The summed E-state index contributed by atoms with van der Waals surface area (Å²) in [4.78, 5) is 280. The highest BCUT2D eigenvalue weighted by Crippen LogP contribution is 2.07. The topological polar surface area (TPSA) is 750 Å². The minimum atomic E-state index is -2.26. The van der Waals surface area contributed by atoms with Crippen molar-refractivity contribution in [3.8, 4) is 0 Å². The number of ketones is 1. The Morgan fingerprint density at radius 3 is 0.898 bits per heavy atom. The highest BCUT2D eigenvalue weighted by molar-refractivity contribution is 5.99. The van der Waals surface area contributed by atoms with Crippen molar-refractivity contribution in [2.45, 2.75) is 224 Å². The second-order valence-corrected chi connectivity index (χ2v) is 24.8. The van der Waals surface area contributed by atoms with Gasteiger partial charge in [0.15, 0.2) is 54.7 Å². The number of carbonyl (C=O) groups excluding carboxylic acids is 20. The molecule has 0 rings (SSSR count). The Labute approximate surface area is 619 Å². The highest BCUT2D eigenvalue weighted by atomic mass is 16.4. The van der Waals surface area contributed by atoms with E-state index in [1.807, 2.05) is 0 Å². The molecule has 0 heterocycles. The predicted octanol–water partition coefficient (Wildman–Crippen LogP) is -13.6. The normalized spacial score (nSPS) is 16.0. The number of aliphatic imine (C=N–C) groups is 2. The van der Waals surface area contributed by atoms with Crippen LogP contribution in [0.1, 0.15) is 114 Å². The number of aldehydes is 7. The van der Waals surface area contributed by atoms with Crippen LogP contribution in [-0.4, -0.2) is 266 Å². The lowest BCUT2D eigenvalue weighted by molar-refractivity contribution is -0.139. The molecule has 0 saturated heterocycles. The monoisotopic (exact) mass is 1540 g/mol. The summed E-state index contributed by atoms with van der Waals surface area (Å²) >= 11 is 0. The van der Waals surface area contributed by atoms with E-state index in [9.17, 15) is 101 Å². The quantitative estimate of drug-likeness (QED) is 0.00884. The van der Waals surface area contributed by atoms with Gasteiger partial charge in [0, 0.05) is 26.4 Å². The second-order valence-electron chi connectivity index (χ2n) is 24.8. The Bertz CT molecular complexity index is 3210. The van der Waals surface area contributed by atoms with Crippen molar-refractivity contribution in [3.63, 3.8) is 0 Å². The molecule has 0 bridgehead atoms. The van der Waals surface area contributed by atoms with Gasteiger partial charge in [0.05, 0.1) is 48.7 Å². The van der Waals surface area contributed by atoms with Crippen molar-refractivity contribution in [3.05, 3.63) is 0 Å². The summed E-state index contributed by atoms with van der Waals surface area (Å²) < 4.78 is 0. The fourth-order valence-corrected chi connectivity index (χ4v) is 8.99. The molecule has 0 aromatic rings. The molecule has 47 heteroatoms. The van der Waals surface area contributed by atoms with Gasteiger partial charge in [-0.25, -0.2) is 0 Å². The number of nitrogens with zero attached hydrogens (tertiary/aromatic N) is 2. The molecule has 0 radical (unpaired) electrons. The van der Waals surface area contributed by atoms with Crippen molar-refractivity contribution >= 4 is 139 Å². The first-order valence-corrected chi connectivity index (χ1v) is 33.5. The minimum absolute atomic E-state index is 0.0427. The van der Waals surface area contributed by atoms with E-state index in [1.54, 1.807) is 13.8 Å². The zero-order valence-electron chi connectivity index (χ0n) is 61.2. The number of hydrogen-bond donors (Lipinski definition) is 24. The van der Waals surface area contributed by atoms with Gasteiger partial charge < -0.3 is 126 Å². The average Bonchev–Trinajstić information content (AvgIpc) is 0.886. The number of nitrogens with two attached hydrogens (primary N) is 5. The molecule has 0 saturated carbocycles. The summed E-state index contributed by atoms with van der Waals surface area (Å²) in [5.41, 5.74) is 27.0. The summed E-state index contributed by atoms with van der Waals surface area (Å²) in [7, 11) is 0. The molecule has 0 fully saturated rings. The number of carboxylic acids is 1. The van der Waals surface area contributed by atoms with Crippen LogP contribution < -0.4 is 124 Å². The first-order valence-electron chi connectivity index (χ1n) is 33.5. The van der Waals surface area contributed by atoms with E-state index in [2.05, 4.69) is 106 Å². The number of rotatable bonds is 57. The molecule has 0 spiro atoms. The van der Waals surface area contributed by atoms with Crippen LogP contribution in [0.4, 0.5) is 0 Å². The molecule has 12 amide bonds. The van der Waals surface area contributed by atoms with Crippen LogP contribution in [0.15, 0.2) is 9.98 Å². The van der Waals surface area contributed by atoms with Gasteiger partial charge in [0.25, 0.3) is 35.4 Å². The predicted molar refractivity (Wildman–Crippen MR) is 378 cm³/mol. The SMILES string of the molecule is CC(=O)N[C@@H](N[C@@H](C=O)CC(=O)O)C(=O)N[C@@H](C)C(=O)N[C@@H](C)C(=O)N[C@@H](N[C@@H](C=O)CCCN=C(N)N)C(=O)N[C@@H](N[C@@H](C=O)CC(N)=O)C(=O)N[C@@H](C)C(=O)N[C@@H](N[C@@H](C)C=O)C(=O)N[C@@H](N[C@@H](C=O)CCCN=C(N)N)C(=O)N[C@@H](C)C(=O)N[C@@H](N[C@@H](C=O)CC(C)C)C(=O)N[C@@H](N[C@@H](C)C=O)C(C)=O. The number of carbonyl (C=O) groups is 21. The van der Waals surface area contributed by atoms with E-state index in [0.29, 0.717) is 25.1 Å². The third-order valence-corrected chi connectivity index (χ3v) is 14.5. The molecule has 0 aromatic heterocycles. The second kappa shape index (κ2) is 51.0. The maximum Gasteiger partial charge on any atom is 0.305 e. The maximum absolute atomic E-state index is 14.5. The van der Waals surface area contributed by atoms with Gasteiger partial charge in [-0.3, -0.25) is 114 Å². The van der Waals surface area contributed by atoms with Crippen LogP contribution in [-0.2, 0) is 101 Å². The summed E-state index contributed by atoms with van der Waals surface area (Å²) in [5, 5.41) is 51.3. The number of nitrogens with one attached hydrogen (secondary N) is 18. The first kappa shape index (κ1) is 96.7. The van der Waals surface area contributed by atoms with Gasteiger partial charge in [0.1, 0.15) is 74.3 Å². The van der Waals surface area contributed by atoms with E-state index in [-0.39, 0.29) is 81.9 Å². The number of primary amides is 1. The number of guanidine groups is 2. The fourth-order valence-electron chi connectivity index (χ4n) is 8.99. The summed E-state index contributed by atoms with van der Waals surface area (Å²) in [6, 6.07) is -16.1. The number of carboxylic acid groups (broad SMARTS) is 1. The Morgan fingerprint density at radius 1 is 0.333 bits per heavy atom. The summed E-state index contributed by atoms with van der Waals surface area (Å²) in [5.74, 6) is -17.5. The highest BCUT2D eigenvalue weighted by Gasteiger charge is 2.37. The number of aliphatic carboxylic acids is 1. The lowest BCUT2D eigenvalue weighted by Crippen LogP contribution is -2.68. The molecular formula is C61H103N25O22. The molecule has 0 aliphatic heterocycles. The fraction of sp³-hybridized carbons (Fsp3) is 0.623. The zero-order chi connectivity index (χ0) is 82.7. The van der Waals surface area contributed by atoms with Crippen LogP contribution >= 0.6 is 0 Å². The molecule has 0 unspecified atom stereocenters. The third-order valence-electron chi connectivity index (χ3n) is 14.5. The van der Waals surface area contributed by atoms with Crippen LogP contribution in [0, 0.1) is 5.92 Å². The largest absolute Gasteiger partial charge is 0.481 e. The van der Waals surface area contributed by atoms with Crippen LogP contribution in [0.5, 0.6) is 0 Å². The molecule has 18 atom stereocenters. The molecule has 0 aromatic carbocycles. The van der Waals surface area contributed by atoms with Crippen molar-refractivity contribution in [2.24, 2.45) is 44.6 Å². The van der Waals surface area contributed by atoms with E-state index in [4.69, 9.17) is 33.8 Å². The lowest BCUT2D eigenvalue weighted by atomic mass is 10.0. The smallest absolute Gasteiger partial charge is 0.305 e. The maximum atomic E-state index is 14.5. The van der Waals surface area contributed by atoms with E-state index < -0.39 is 205 Å². The standard InChI is InChI=1S/C61H103N25O22/c1-27(2)17-38(24-91)78-49(58(107)81-43(34(9)94)69-28(3)20-87)84-53(102)33(8)73-55(104)46(76-36(22-89)13-11-15-67-60(63)64)85-57(106)44(70-29(4)21-88)82-52(101)32(7)74-56(105)47(79-39(25-92)18-41(62)96)86-59(108)48(77-37(23-90)14-12-16-68-61(65)66)83-51(100)31(6)71-50(99)30(5)72-54(103)45(75-35(10)95)80-40(26-93)19-42(97)98/h20-33,36-40,43-49,69-70,76-80H,11-19H2,1-10H3,(H2,62,96)(H,71,99)(H,72,103)(H,73,104)(H,74,105)(H,75,95)(H,81,107)(H,82,101)(H,83,100)(H,84,102)(H,85,106)(H,86,108)(H,97,98)(H4,63,64,67)(H4,65,66,68)/t28-,29-,30-,31-,32-,33-,36+,37+,38+,39+,40+,43+,44+,45-,46+,47+,48+,49+/m0/s1. The van der Waals surface area contributed by atoms with Crippen molar-refractivity contribution < 1.29 is 106 Å². The summed E-state index contributed by atoms with van der Waals surface area (Å²) in [6.45, 7) is 12.3. The Morgan fingerprint density at radius 2 is 0.602 bits per heavy atom. The minimum Gasteiger partial charge on any atom is -0.481 e. The molecule has 604 valence electrons. The van der Waals surface area contributed by atoms with E-state index in [1.165, 1.54) is 13.8 Å². The third kappa shape index (κ3) is 39.7. The molecule has 0 aliphatic rings. The number of hydrogen-bond acceptors (Lipinski definition) is 30. The van der Waals surface area contributed by atoms with Crippen molar-refractivity contribution in [1.29, 1.82) is 0 Å².